The van der Waals surface area contributed by atoms with Crippen LogP contribution in [-0.2, 0) is 20.7 Å². The van der Waals surface area contributed by atoms with Crippen LogP contribution in [0.1, 0.15) is 38.7 Å². The second-order valence-electron chi connectivity index (χ2n) is 7.84. The van der Waals surface area contributed by atoms with Crippen molar-refractivity contribution in [2.45, 2.75) is 45.6 Å². The summed E-state index contributed by atoms with van der Waals surface area (Å²) in [6, 6.07) is 18.1. The maximum Gasteiger partial charge on any atom is 0.310 e. The molecule has 0 spiro atoms. The van der Waals surface area contributed by atoms with Gasteiger partial charge in [0.25, 0.3) is 5.91 Å². The highest BCUT2D eigenvalue weighted by Crippen LogP contribution is 2.29. The molecular formula is C24H29NO3. The van der Waals surface area contributed by atoms with Crippen molar-refractivity contribution in [1.29, 1.82) is 0 Å². The number of hydrogen-bond acceptors (Lipinski definition) is 3. The zero-order valence-electron chi connectivity index (χ0n) is 16.7. The summed E-state index contributed by atoms with van der Waals surface area (Å²) in [7, 11) is 0. The Hall–Kier alpha value is -2.62. The second-order valence-corrected chi connectivity index (χ2v) is 7.84. The Morgan fingerprint density at radius 2 is 1.64 bits per heavy atom. The van der Waals surface area contributed by atoms with Gasteiger partial charge >= 0.3 is 5.97 Å². The number of esters is 1. The van der Waals surface area contributed by atoms with Gasteiger partial charge in [-0.25, -0.2) is 0 Å². The Morgan fingerprint density at radius 1 is 0.964 bits per heavy atom. The predicted octanol–water partition coefficient (Wildman–Crippen LogP) is 4.38. The van der Waals surface area contributed by atoms with Crippen LogP contribution in [0.25, 0.3) is 11.1 Å². The molecule has 1 fully saturated rings. The molecule has 1 saturated carbocycles. The van der Waals surface area contributed by atoms with E-state index in [9.17, 15) is 9.59 Å². The zero-order valence-corrected chi connectivity index (χ0v) is 16.7. The third-order valence-corrected chi connectivity index (χ3v) is 5.83. The van der Waals surface area contributed by atoms with Gasteiger partial charge in [-0.15, -0.1) is 0 Å². The van der Waals surface area contributed by atoms with Crippen molar-refractivity contribution in [3.05, 3.63) is 60.2 Å². The van der Waals surface area contributed by atoms with E-state index in [1.165, 1.54) is 6.42 Å². The van der Waals surface area contributed by atoms with E-state index in [0.29, 0.717) is 11.8 Å². The topological polar surface area (TPSA) is 55.4 Å². The first kappa shape index (κ1) is 20.1. The largest absolute Gasteiger partial charge is 0.455 e. The molecule has 0 radical (unpaired) electrons. The van der Waals surface area contributed by atoms with E-state index < -0.39 is 0 Å². The maximum atomic E-state index is 12.1. The summed E-state index contributed by atoms with van der Waals surface area (Å²) >= 11 is 0. The first-order chi connectivity index (χ1) is 13.5. The van der Waals surface area contributed by atoms with E-state index in [0.717, 1.165) is 29.5 Å². The van der Waals surface area contributed by atoms with Crippen molar-refractivity contribution < 1.29 is 14.3 Å². The highest BCUT2D eigenvalue weighted by atomic mass is 16.5. The molecule has 3 atom stereocenters. The van der Waals surface area contributed by atoms with Gasteiger partial charge in [0, 0.05) is 6.04 Å². The lowest BCUT2D eigenvalue weighted by molar-refractivity contribution is -0.148. The molecule has 2 aromatic rings. The number of benzene rings is 2. The van der Waals surface area contributed by atoms with Gasteiger partial charge in [-0.05, 0) is 34.9 Å². The van der Waals surface area contributed by atoms with Crippen molar-refractivity contribution in [2.75, 3.05) is 6.61 Å². The van der Waals surface area contributed by atoms with Crippen LogP contribution in [0, 0.1) is 11.8 Å². The molecule has 0 saturated heterocycles. The third-order valence-electron chi connectivity index (χ3n) is 5.83. The van der Waals surface area contributed by atoms with E-state index in [1.807, 2.05) is 42.5 Å². The molecule has 0 heterocycles. The summed E-state index contributed by atoms with van der Waals surface area (Å²) in [5, 5.41) is 3.03. The van der Waals surface area contributed by atoms with Crippen molar-refractivity contribution >= 4 is 11.9 Å². The quantitative estimate of drug-likeness (QED) is 0.758. The Morgan fingerprint density at radius 3 is 2.36 bits per heavy atom. The smallest absolute Gasteiger partial charge is 0.310 e. The second kappa shape index (κ2) is 9.54. The number of carbonyl (C=O) groups is 2. The molecule has 0 bridgehead atoms. The van der Waals surface area contributed by atoms with Gasteiger partial charge in [0.15, 0.2) is 6.61 Å². The maximum absolute atomic E-state index is 12.1. The number of rotatable bonds is 6. The fourth-order valence-corrected chi connectivity index (χ4v) is 3.84. The molecule has 2 aromatic carbocycles. The van der Waals surface area contributed by atoms with Crippen molar-refractivity contribution in [2.24, 2.45) is 11.8 Å². The summed E-state index contributed by atoms with van der Waals surface area (Å²) in [6.07, 6.45) is 3.51. The van der Waals surface area contributed by atoms with Crippen LogP contribution in [0.15, 0.2) is 54.6 Å². The first-order valence-corrected chi connectivity index (χ1v) is 10.1. The predicted molar refractivity (Wildman–Crippen MR) is 111 cm³/mol. The Balaban J connectivity index is 1.44. The molecule has 28 heavy (non-hydrogen) atoms. The van der Waals surface area contributed by atoms with Crippen molar-refractivity contribution in [3.63, 3.8) is 0 Å². The zero-order chi connectivity index (χ0) is 19.9. The Labute approximate surface area is 167 Å². The van der Waals surface area contributed by atoms with Gasteiger partial charge in [-0.2, -0.15) is 0 Å². The highest BCUT2D eigenvalue weighted by molar-refractivity contribution is 5.81. The minimum Gasteiger partial charge on any atom is -0.455 e. The standard InChI is InChI=1S/C24H29NO3/c1-17-7-6-10-22(18(17)2)25-23(26)16-28-24(27)15-19-11-13-21(14-12-19)20-8-4-3-5-9-20/h3-5,8-9,11-14,17-18,22H,6-7,10,15-16H2,1-2H3,(H,25,26). The summed E-state index contributed by atoms with van der Waals surface area (Å²) in [6.45, 7) is 4.20. The van der Waals surface area contributed by atoms with Crippen LogP contribution in [-0.4, -0.2) is 24.5 Å². The molecule has 4 heteroatoms. The van der Waals surface area contributed by atoms with Crippen LogP contribution < -0.4 is 5.32 Å². The molecule has 3 unspecified atom stereocenters. The molecule has 3 rings (SSSR count). The molecule has 4 nitrogen and oxygen atoms in total. The van der Waals surface area contributed by atoms with Gasteiger partial charge in [-0.1, -0.05) is 81.3 Å². The van der Waals surface area contributed by atoms with Crippen molar-refractivity contribution in [1.82, 2.24) is 5.32 Å². The molecule has 0 aliphatic heterocycles. The minimum atomic E-state index is -0.382. The molecule has 1 aliphatic carbocycles. The van der Waals surface area contributed by atoms with E-state index in [1.54, 1.807) is 0 Å². The third kappa shape index (κ3) is 5.44. The molecule has 148 valence electrons. The monoisotopic (exact) mass is 379 g/mol. The molecule has 1 amide bonds. The molecule has 1 aliphatic rings. The molecular weight excluding hydrogens is 350 g/mol. The number of ether oxygens (including phenoxy) is 1. The van der Waals surface area contributed by atoms with E-state index in [2.05, 4.69) is 31.3 Å². The van der Waals surface area contributed by atoms with Crippen LogP contribution in [0.2, 0.25) is 0 Å². The average Bonchev–Trinajstić information content (AvgIpc) is 2.71. The van der Waals surface area contributed by atoms with E-state index in [4.69, 9.17) is 4.74 Å². The number of hydrogen-bond donors (Lipinski definition) is 1. The normalized spacial score (nSPS) is 21.7. The van der Waals surface area contributed by atoms with Crippen molar-refractivity contribution in [3.8, 4) is 11.1 Å². The fourth-order valence-electron chi connectivity index (χ4n) is 3.84. The number of carbonyl (C=O) groups excluding carboxylic acids is 2. The summed E-state index contributed by atoms with van der Waals surface area (Å²) in [4.78, 5) is 24.2. The SMILES string of the molecule is CC1CCCC(NC(=O)COC(=O)Cc2ccc(-c3ccccc3)cc2)C1C. The van der Waals surface area contributed by atoms with Crippen LogP contribution in [0.5, 0.6) is 0 Å². The molecule has 0 aromatic heterocycles. The van der Waals surface area contributed by atoms with Gasteiger partial charge < -0.3 is 10.1 Å². The summed E-state index contributed by atoms with van der Waals surface area (Å²) in [5.74, 6) is 0.475. The Bertz CT molecular complexity index is 785. The number of amides is 1. The van der Waals surface area contributed by atoms with Crippen LogP contribution in [0.3, 0.4) is 0 Å². The van der Waals surface area contributed by atoms with E-state index >= 15 is 0 Å². The molecule has 1 N–H and O–H groups in total. The number of nitrogens with one attached hydrogen (secondary N) is 1. The average molecular weight is 380 g/mol. The van der Waals surface area contributed by atoms with Gasteiger partial charge in [0.1, 0.15) is 0 Å². The Kier molecular flexibility index (Phi) is 6.85. The highest BCUT2D eigenvalue weighted by Gasteiger charge is 2.28. The van der Waals surface area contributed by atoms with Crippen LogP contribution in [0.4, 0.5) is 0 Å². The summed E-state index contributed by atoms with van der Waals surface area (Å²) in [5.41, 5.74) is 3.12. The van der Waals surface area contributed by atoms with Gasteiger partial charge in [0.2, 0.25) is 0 Å². The van der Waals surface area contributed by atoms with Gasteiger partial charge in [-0.3, -0.25) is 9.59 Å². The lowest BCUT2D eigenvalue weighted by atomic mass is 9.78. The van der Waals surface area contributed by atoms with Gasteiger partial charge in [0.05, 0.1) is 6.42 Å². The first-order valence-electron chi connectivity index (χ1n) is 10.1. The fraction of sp³-hybridized carbons (Fsp3) is 0.417. The van der Waals surface area contributed by atoms with Crippen LogP contribution >= 0.6 is 0 Å². The lowest BCUT2D eigenvalue weighted by Crippen LogP contribution is -2.45. The lowest BCUT2D eigenvalue weighted by Gasteiger charge is -2.34. The van der Waals surface area contributed by atoms with E-state index in [-0.39, 0.29) is 30.9 Å². The summed E-state index contributed by atoms with van der Waals surface area (Å²) < 4.78 is 5.18. The minimum absolute atomic E-state index is 0.166.